The molecule has 0 unspecified atom stereocenters. The molecule has 3 aromatic rings. The molecule has 0 fully saturated rings. The number of carbonyl (C=O) groups excluding carboxylic acids is 1. The lowest BCUT2D eigenvalue weighted by atomic mass is 9.80. The van der Waals surface area contributed by atoms with Crippen LogP contribution in [0.2, 0.25) is 0 Å². The molecule has 3 rings (SSSR count). The molecule has 1 amide bonds. The lowest BCUT2D eigenvalue weighted by Crippen LogP contribution is -2.38. The monoisotopic (exact) mass is 391 g/mol. The van der Waals surface area contributed by atoms with Crippen molar-refractivity contribution in [3.8, 4) is 11.5 Å². The van der Waals surface area contributed by atoms with Crippen LogP contribution in [0.1, 0.15) is 16.7 Å². The topological polar surface area (TPSA) is 48.0 Å². The molecule has 0 saturated carbocycles. The molecule has 0 aliphatic rings. The number of hydrogen-bond donors (Lipinski definition) is 0. The third kappa shape index (κ3) is 4.04. The first-order chi connectivity index (χ1) is 14.0. The van der Waals surface area contributed by atoms with Gasteiger partial charge in [-0.1, -0.05) is 54.6 Å². The van der Waals surface area contributed by atoms with E-state index in [1.54, 1.807) is 28.3 Å². The molecule has 0 aromatic heterocycles. The highest BCUT2D eigenvalue weighted by molar-refractivity contribution is 5.69. The number of benzene rings is 3. The minimum Gasteiger partial charge on any atom is -0.497 e. The summed E-state index contributed by atoms with van der Waals surface area (Å²) in [5.41, 5.74) is 1.32. The van der Waals surface area contributed by atoms with Gasteiger partial charge in [-0.25, -0.2) is 4.79 Å². The minimum absolute atomic E-state index is 0.444. The third-order valence-corrected chi connectivity index (χ3v) is 4.78. The lowest BCUT2D eigenvalue weighted by molar-refractivity contribution is 0.0464. The van der Waals surface area contributed by atoms with Gasteiger partial charge in [0.25, 0.3) is 0 Å². The Morgan fingerprint density at radius 2 is 1.10 bits per heavy atom. The van der Waals surface area contributed by atoms with Crippen molar-refractivity contribution >= 4 is 6.09 Å². The number of rotatable bonds is 6. The second-order valence-electron chi connectivity index (χ2n) is 6.77. The zero-order valence-electron chi connectivity index (χ0n) is 17.1. The normalized spacial score (nSPS) is 10.9. The van der Waals surface area contributed by atoms with Crippen LogP contribution >= 0.6 is 0 Å². The van der Waals surface area contributed by atoms with E-state index in [0.717, 1.165) is 28.2 Å². The number of methoxy groups -OCH3 is 2. The lowest BCUT2D eigenvalue weighted by Gasteiger charge is -2.36. The summed E-state index contributed by atoms with van der Waals surface area (Å²) in [7, 11) is 6.57. The summed E-state index contributed by atoms with van der Waals surface area (Å²) < 4.78 is 16.8. The first-order valence-corrected chi connectivity index (χ1v) is 9.26. The molecule has 0 aliphatic carbocycles. The molecule has 0 aliphatic heterocycles. The Balaban J connectivity index is 2.28. The number of carbonyl (C=O) groups is 1. The molecule has 0 spiro atoms. The first kappa shape index (κ1) is 20.3. The van der Waals surface area contributed by atoms with Gasteiger partial charge < -0.3 is 19.1 Å². The quantitative estimate of drug-likeness (QED) is 0.572. The van der Waals surface area contributed by atoms with Crippen molar-refractivity contribution in [2.24, 2.45) is 0 Å². The molecule has 5 nitrogen and oxygen atoms in total. The van der Waals surface area contributed by atoms with Gasteiger partial charge in [-0.05, 0) is 24.3 Å². The van der Waals surface area contributed by atoms with Gasteiger partial charge in [-0.2, -0.15) is 0 Å². The fourth-order valence-corrected chi connectivity index (χ4v) is 3.22. The van der Waals surface area contributed by atoms with E-state index in [-0.39, 0.29) is 0 Å². The van der Waals surface area contributed by atoms with Crippen LogP contribution in [0.15, 0.2) is 78.9 Å². The van der Waals surface area contributed by atoms with Gasteiger partial charge in [0.2, 0.25) is 0 Å². The van der Waals surface area contributed by atoms with Crippen LogP contribution < -0.4 is 9.47 Å². The molecule has 0 atom stereocenters. The van der Waals surface area contributed by atoms with Crippen molar-refractivity contribution in [3.05, 3.63) is 95.6 Å². The van der Waals surface area contributed by atoms with Crippen molar-refractivity contribution < 1.29 is 19.0 Å². The van der Waals surface area contributed by atoms with Crippen molar-refractivity contribution in [1.82, 2.24) is 4.90 Å². The van der Waals surface area contributed by atoms with E-state index in [4.69, 9.17) is 14.2 Å². The van der Waals surface area contributed by atoms with E-state index in [9.17, 15) is 4.79 Å². The molecule has 0 N–H and O–H groups in total. The van der Waals surface area contributed by atoms with Gasteiger partial charge in [-0.3, -0.25) is 0 Å². The van der Waals surface area contributed by atoms with Gasteiger partial charge in [0, 0.05) is 30.8 Å². The van der Waals surface area contributed by atoms with Gasteiger partial charge in [-0.15, -0.1) is 0 Å². The maximum Gasteiger partial charge on any atom is 0.410 e. The molecule has 5 heteroatoms. The molecular weight excluding hydrogens is 366 g/mol. The summed E-state index contributed by atoms with van der Waals surface area (Å²) in [6, 6.07) is 24.8. The van der Waals surface area contributed by atoms with Gasteiger partial charge in [0.05, 0.1) is 14.2 Å². The highest BCUT2D eigenvalue weighted by atomic mass is 16.6. The van der Waals surface area contributed by atoms with Crippen molar-refractivity contribution in [2.75, 3.05) is 28.3 Å². The third-order valence-electron chi connectivity index (χ3n) is 4.78. The number of hydrogen-bond acceptors (Lipinski definition) is 4. The average molecular weight is 391 g/mol. The zero-order valence-corrected chi connectivity index (χ0v) is 17.1. The molecule has 150 valence electrons. The maximum atomic E-state index is 12.8. The minimum atomic E-state index is -1.14. The number of amides is 1. The second kappa shape index (κ2) is 8.69. The Labute approximate surface area is 171 Å². The summed E-state index contributed by atoms with van der Waals surface area (Å²) in [6.07, 6.45) is -0.444. The van der Waals surface area contributed by atoms with E-state index in [1.165, 1.54) is 4.90 Å². The van der Waals surface area contributed by atoms with Crippen molar-refractivity contribution in [2.45, 2.75) is 5.60 Å². The van der Waals surface area contributed by atoms with Gasteiger partial charge >= 0.3 is 6.09 Å². The molecule has 0 radical (unpaired) electrons. The second-order valence-corrected chi connectivity index (χ2v) is 6.77. The van der Waals surface area contributed by atoms with E-state index in [0.29, 0.717) is 0 Å². The summed E-state index contributed by atoms with van der Waals surface area (Å²) >= 11 is 0. The standard InChI is InChI=1S/C24H25NO4/c1-25(2)23(26)29-24(18-8-6-5-7-9-18,19-10-14-21(27-3)15-11-19)20-12-16-22(28-4)17-13-20/h5-17H,1-4H3. The number of nitrogens with zero attached hydrogens (tertiary/aromatic N) is 1. The Bertz CT molecular complexity index is 887. The molecule has 0 saturated heterocycles. The summed E-state index contributed by atoms with van der Waals surface area (Å²) in [4.78, 5) is 14.2. The molecule has 29 heavy (non-hydrogen) atoms. The predicted octanol–water partition coefficient (Wildman–Crippen LogP) is 4.69. The van der Waals surface area contributed by atoms with Crippen LogP contribution in [0.4, 0.5) is 4.79 Å². The highest BCUT2D eigenvalue weighted by Crippen LogP contribution is 2.42. The van der Waals surface area contributed by atoms with Crippen LogP contribution in [0.3, 0.4) is 0 Å². The molecule has 0 bridgehead atoms. The Morgan fingerprint density at radius 1 is 0.690 bits per heavy atom. The maximum absolute atomic E-state index is 12.8. The molecule has 3 aromatic carbocycles. The number of ether oxygens (including phenoxy) is 3. The Hall–Kier alpha value is -3.47. The first-order valence-electron chi connectivity index (χ1n) is 9.26. The van der Waals surface area contributed by atoms with Crippen molar-refractivity contribution in [1.29, 1.82) is 0 Å². The Kier molecular flexibility index (Phi) is 6.07. The average Bonchev–Trinajstić information content (AvgIpc) is 2.78. The van der Waals surface area contributed by atoms with Crippen LogP contribution in [0.25, 0.3) is 0 Å². The largest absolute Gasteiger partial charge is 0.497 e. The molecule has 0 heterocycles. The van der Waals surface area contributed by atoms with E-state index in [2.05, 4.69) is 0 Å². The SMILES string of the molecule is COc1ccc(C(OC(=O)N(C)C)(c2ccccc2)c2ccc(OC)cc2)cc1. The van der Waals surface area contributed by atoms with Crippen LogP contribution in [-0.4, -0.2) is 39.3 Å². The van der Waals surface area contributed by atoms with Crippen LogP contribution in [0, 0.1) is 0 Å². The van der Waals surface area contributed by atoms with E-state index in [1.807, 2.05) is 78.9 Å². The highest BCUT2D eigenvalue weighted by Gasteiger charge is 2.41. The van der Waals surface area contributed by atoms with Gasteiger partial charge in [0.15, 0.2) is 5.60 Å². The van der Waals surface area contributed by atoms with E-state index >= 15 is 0 Å². The summed E-state index contributed by atoms with van der Waals surface area (Å²) in [5, 5.41) is 0. The van der Waals surface area contributed by atoms with Gasteiger partial charge in [0.1, 0.15) is 11.5 Å². The molecular formula is C24H25NO4. The predicted molar refractivity (Wildman–Crippen MR) is 112 cm³/mol. The van der Waals surface area contributed by atoms with Crippen LogP contribution in [0.5, 0.6) is 11.5 Å². The van der Waals surface area contributed by atoms with Crippen molar-refractivity contribution in [3.63, 3.8) is 0 Å². The Morgan fingerprint density at radius 3 is 1.48 bits per heavy atom. The summed E-state index contributed by atoms with van der Waals surface area (Å²) in [6.45, 7) is 0. The van der Waals surface area contributed by atoms with Crippen LogP contribution in [-0.2, 0) is 10.3 Å². The van der Waals surface area contributed by atoms with E-state index < -0.39 is 11.7 Å². The fourth-order valence-electron chi connectivity index (χ4n) is 3.22. The summed E-state index contributed by atoms with van der Waals surface area (Å²) in [5.74, 6) is 1.45. The smallest absolute Gasteiger partial charge is 0.410 e. The fraction of sp³-hybridized carbons (Fsp3) is 0.208. The zero-order chi connectivity index (χ0) is 20.9.